The Hall–Kier alpha value is -2.30. The third-order valence-corrected chi connectivity index (χ3v) is 3.73. The van der Waals surface area contributed by atoms with E-state index in [2.05, 4.69) is 10.3 Å². The lowest BCUT2D eigenvalue weighted by Gasteiger charge is -2.12. The van der Waals surface area contributed by atoms with Gasteiger partial charge < -0.3 is 15.4 Å². The van der Waals surface area contributed by atoms with Crippen LogP contribution < -0.4 is 5.32 Å². The summed E-state index contributed by atoms with van der Waals surface area (Å²) in [6.45, 7) is 0.353. The van der Waals surface area contributed by atoms with Gasteiger partial charge in [0.2, 0.25) is 0 Å². The summed E-state index contributed by atoms with van der Waals surface area (Å²) in [6, 6.07) is 14.5. The van der Waals surface area contributed by atoms with Gasteiger partial charge in [0.05, 0.1) is 0 Å². The molecule has 5 heteroatoms. The molecule has 1 aromatic heterocycles. The number of amides is 1. The normalized spacial score (nSPS) is 12.3. The molecule has 0 saturated carbocycles. The summed E-state index contributed by atoms with van der Waals surface area (Å²) < 4.78 is 0. The van der Waals surface area contributed by atoms with Crippen molar-refractivity contribution in [3.63, 3.8) is 0 Å². The average molecular weight is 315 g/mol. The molecule has 22 heavy (non-hydrogen) atoms. The number of fused-ring (bicyclic) bond motifs is 1. The molecular formula is C17H15ClN2O2. The van der Waals surface area contributed by atoms with E-state index in [9.17, 15) is 9.90 Å². The van der Waals surface area contributed by atoms with E-state index in [0.29, 0.717) is 17.1 Å². The molecule has 0 aliphatic carbocycles. The molecule has 3 N–H and O–H groups in total. The number of rotatable bonds is 4. The molecule has 0 saturated heterocycles. The molecule has 0 aliphatic rings. The van der Waals surface area contributed by atoms with Crippen molar-refractivity contribution in [2.75, 3.05) is 0 Å². The maximum Gasteiger partial charge on any atom is 0.253 e. The molecular weight excluding hydrogens is 300 g/mol. The lowest BCUT2D eigenvalue weighted by atomic mass is 10.1. The Labute approximate surface area is 132 Å². The number of aromatic amines is 1. The summed E-state index contributed by atoms with van der Waals surface area (Å²) in [4.78, 5) is 15.2. The van der Waals surface area contributed by atoms with Crippen molar-refractivity contribution < 1.29 is 9.90 Å². The highest BCUT2D eigenvalue weighted by atomic mass is 35.5. The SMILES string of the molecule is O=C(NCc1ccc2cc[nH]c2c1)[C@@H](O)c1cccc(Cl)c1. The van der Waals surface area contributed by atoms with Gasteiger partial charge in [-0.15, -0.1) is 0 Å². The van der Waals surface area contributed by atoms with Crippen LogP contribution in [-0.4, -0.2) is 16.0 Å². The van der Waals surface area contributed by atoms with E-state index < -0.39 is 12.0 Å². The van der Waals surface area contributed by atoms with Gasteiger partial charge in [-0.1, -0.05) is 35.9 Å². The molecule has 1 heterocycles. The number of halogens is 1. The van der Waals surface area contributed by atoms with Crippen molar-refractivity contribution in [1.29, 1.82) is 0 Å². The van der Waals surface area contributed by atoms with Gasteiger partial charge in [0.25, 0.3) is 5.91 Å². The van der Waals surface area contributed by atoms with Crippen molar-refractivity contribution >= 4 is 28.4 Å². The summed E-state index contributed by atoms with van der Waals surface area (Å²) in [5.41, 5.74) is 2.45. The molecule has 1 atom stereocenters. The Kier molecular flexibility index (Phi) is 4.13. The van der Waals surface area contributed by atoms with Crippen molar-refractivity contribution in [3.05, 3.63) is 70.9 Å². The molecule has 0 bridgehead atoms. The Morgan fingerprint density at radius 1 is 1.23 bits per heavy atom. The lowest BCUT2D eigenvalue weighted by Crippen LogP contribution is -2.28. The van der Waals surface area contributed by atoms with Crippen molar-refractivity contribution in [3.8, 4) is 0 Å². The number of aromatic nitrogens is 1. The van der Waals surface area contributed by atoms with Crippen LogP contribution in [0.15, 0.2) is 54.7 Å². The zero-order chi connectivity index (χ0) is 15.5. The fourth-order valence-electron chi connectivity index (χ4n) is 2.32. The standard InChI is InChI=1S/C17H15ClN2O2/c18-14-3-1-2-13(9-14)16(21)17(22)20-10-11-4-5-12-6-7-19-15(12)8-11/h1-9,16,19,21H,10H2,(H,20,22)/t16-/m0/s1. The van der Waals surface area contributed by atoms with Gasteiger partial charge in [-0.25, -0.2) is 0 Å². The molecule has 0 radical (unpaired) electrons. The molecule has 0 spiro atoms. The fraction of sp³-hybridized carbons (Fsp3) is 0.118. The second-order valence-electron chi connectivity index (χ2n) is 5.07. The number of H-pyrrole nitrogens is 1. The third-order valence-electron chi connectivity index (χ3n) is 3.50. The van der Waals surface area contributed by atoms with Gasteiger partial charge in [0.1, 0.15) is 0 Å². The first-order valence-corrected chi connectivity index (χ1v) is 7.28. The summed E-state index contributed by atoms with van der Waals surface area (Å²) in [5.74, 6) is -0.450. The highest BCUT2D eigenvalue weighted by molar-refractivity contribution is 6.30. The zero-order valence-electron chi connectivity index (χ0n) is 11.7. The fourth-order valence-corrected chi connectivity index (χ4v) is 2.52. The number of aliphatic hydroxyl groups is 1. The monoisotopic (exact) mass is 314 g/mol. The molecule has 0 fully saturated rings. The van der Waals surface area contributed by atoms with Gasteiger partial charge >= 0.3 is 0 Å². The predicted molar refractivity (Wildman–Crippen MR) is 86.6 cm³/mol. The minimum absolute atomic E-state index is 0.353. The van der Waals surface area contributed by atoms with E-state index in [0.717, 1.165) is 16.5 Å². The Bertz CT molecular complexity index is 813. The van der Waals surface area contributed by atoms with Crippen molar-refractivity contribution in [2.24, 2.45) is 0 Å². The van der Waals surface area contributed by atoms with Crippen LogP contribution in [0.1, 0.15) is 17.2 Å². The summed E-state index contributed by atoms with van der Waals surface area (Å²) in [6.07, 6.45) is 0.642. The van der Waals surface area contributed by atoms with Gasteiger partial charge in [-0.2, -0.15) is 0 Å². The molecule has 4 nitrogen and oxygen atoms in total. The van der Waals surface area contributed by atoms with Gasteiger partial charge in [-0.05, 0) is 40.8 Å². The van der Waals surface area contributed by atoms with Crippen LogP contribution in [0, 0.1) is 0 Å². The smallest absolute Gasteiger partial charge is 0.253 e. The van der Waals surface area contributed by atoms with Gasteiger partial charge in [0.15, 0.2) is 6.10 Å². The molecule has 3 aromatic rings. The van der Waals surface area contributed by atoms with Crippen LogP contribution in [0.3, 0.4) is 0 Å². The second kappa shape index (κ2) is 6.22. The van der Waals surface area contributed by atoms with Crippen LogP contribution in [0.4, 0.5) is 0 Å². The minimum atomic E-state index is -1.23. The highest BCUT2D eigenvalue weighted by Crippen LogP contribution is 2.18. The number of carbonyl (C=O) groups excluding carboxylic acids is 1. The Balaban J connectivity index is 1.66. The maximum atomic E-state index is 12.0. The third kappa shape index (κ3) is 3.13. The summed E-state index contributed by atoms with van der Waals surface area (Å²) in [5, 5.41) is 14.4. The number of carbonyl (C=O) groups is 1. The zero-order valence-corrected chi connectivity index (χ0v) is 12.5. The number of hydrogen-bond donors (Lipinski definition) is 3. The maximum absolute atomic E-state index is 12.0. The number of hydrogen-bond acceptors (Lipinski definition) is 2. The number of nitrogens with one attached hydrogen (secondary N) is 2. The van der Waals surface area contributed by atoms with Gasteiger partial charge in [-0.3, -0.25) is 4.79 Å². The number of aliphatic hydroxyl groups excluding tert-OH is 1. The topological polar surface area (TPSA) is 65.1 Å². The Morgan fingerprint density at radius 3 is 2.91 bits per heavy atom. The van der Waals surface area contributed by atoms with Crippen LogP contribution >= 0.6 is 11.6 Å². The van der Waals surface area contributed by atoms with E-state index in [1.165, 1.54) is 0 Å². The molecule has 0 aliphatic heterocycles. The lowest BCUT2D eigenvalue weighted by molar-refractivity contribution is -0.129. The molecule has 112 valence electrons. The van der Waals surface area contributed by atoms with Crippen LogP contribution in [0.2, 0.25) is 5.02 Å². The Morgan fingerprint density at radius 2 is 2.09 bits per heavy atom. The quantitative estimate of drug-likeness (QED) is 0.692. The summed E-state index contributed by atoms with van der Waals surface area (Å²) in [7, 11) is 0. The molecule has 3 rings (SSSR count). The molecule has 2 aromatic carbocycles. The van der Waals surface area contributed by atoms with E-state index >= 15 is 0 Å². The average Bonchev–Trinajstić information content (AvgIpc) is 2.99. The largest absolute Gasteiger partial charge is 0.378 e. The van der Waals surface area contributed by atoms with E-state index in [4.69, 9.17) is 11.6 Å². The molecule has 1 amide bonds. The van der Waals surface area contributed by atoms with Crippen LogP contribution in [0.25, 0.3) is 10.9 Å². The second-order valence-corrected chi connectivity index (χ2v) is 5.51. The van der Waals surface area contributed by atoms with Crippen molar-refractivity contribution in [1.82, 2.24) is 10.3 Å². The van der Waals surface area contributed by atoms with Gasteiger partial charge in [0, 0.05) is 23.3 Å². The van der Waals surface area contributed by atoms with E-state index in [1.807, 2.05) is 30.5 Å². The molecule has 0 unspecified atom stereocenters. The van der Waals surface area contributed by atoms with Crippen LogP contribution in [-0.2, 0) is 11.3 Å². The first kappa shape index (κ1) is 14.6. The van der Waals surface area contributed by atoms with Crippen molar-refractivity contribution in [2.45, 2.75) is 12.6 Å². The first-order valence-electron chi connectivity index (χ1n) is 6.91. The van der Waals surface area contributed by atoms with E-state index in [-0.39, 0.29) is 0 Å². The van der Waals surface area contributed by atoms with Crippen LogP contribution in [0.5, 0.6) is 0 Å². The summed E-state index contributed by atoms with van der Waals surface area (Å²) >= 11 is 5.86. The highest BCUT2D eigenvalue weighted by Gasteiger charge is 2.17. The predicted octanol–water partition coefficient (Wildman–Crippen LogP) is 3.17. The first-order chi connectivity index (χ1) is 10.6. The van der Waals surface area contributed by atoms with E-state index in [1.54, 1.807) is 24.3 Å². The minimum Gasteiger partial charge on any atom is -0.378 e. The number of benzene rings is 2.